The quantitative estimate of drug-likeness (QED) is 0.785. The van der Waals surface area contributed by atoms with E-state index in [4.69, 9.17) is 0 Å². The first-order valence-corrected chi connectivity index (χ1v) is 7.49. The van der Waals surface area contributed by atoms with E-state index in [-0.39, 0.29) is 6.04 Å². The number of aromatic nitrogens is 1. The van der Waals surface area contributed by atoms with Crippen molar-refractivity contribution in [3.63, 3.8) is 0 Å². The van der Waals surface area contributed by atoms with Gasteiger partial charge in [0.2, 0.25) is 0 Å². The van der Waals surface area contributed by atoms with Crippen molar-refractivity contribution in [3.8, 4) is 0 Å². The van der Waals surface area contributed by atoms with Crippen molar-refractivity contribution >= 4 is 21.6 Å². The molecule has 0 saturated heterocycles. The van der Waals surface area contributed by atoms with Crippen LogP contribution in [0.5, 0.6) is 0 Å². The van der Waals surface area contributed by atoms with Crippen LogP contribution in [0.2, 0.25) is 0 Å². The zero-order chi connectivity index (χ0) is 14.8. The highest BCUT2D eigenvalue weighted by atomic mass is 32.1. The minimum absolute atomic E-state index is 0.00820. The third kappa shape index (κ3) is 2.94. The van der Waals surface area contributed by atoms with E-state index in [1.807, 2.05) is 24.7 Å². The first kappa shape index (κ1) is 14.1. The number of hydrogen-bond acceptors (Lipinski definition) is 3. The minimum Gasteiger partial charge on any atom is -0.313 e. The van der Waals surface area contributed by atoms with Crippen LogP contribution < -0.4 is 5.32 Å². The number of hydrogen-bond donors (Lipinski definition) is 1. The smallest absolute Gasteiger partial charge is 0.159 e. The molecule has 0 bridgehead atoms. The summed E-state index contributed by atoms with van der Waals surface area (Å²) in [6, 6.07) is 8.10. The molecule has 0 aliphatic carbocycles. The fourth-order valence-electron chi connectivity index (χ4n) is 2.34. The van der Waals surface area contributed by atoms with E-state index in [0.717, 1.165) is 27.4 Å². The van der Waals surface area contributed by atoms with Gasteiger partial charge in [0.05, 0.1) is 10.2 Å². The van der Waals surface area contributed by atoms with Gasteiger partial charge in [-0.05, 0) is 54.2 Å². The van der Waals surface area contributed by atoms with E-state index in [1.165, 1.54) is 6.07 Å². The number of thiophene rings is 1. The van der Waals surface area contributed by atoms with Crippen LogP contribution in [0.3, 0.4) is 0 Å². The Labute approximate surface area is 125 Å². The lowest BCUT2D eigenvalue weighted by molar-refractivity contribution is 0.504. The third-order valence-electron chi connectivity index (χ3n) is 3.50. The van der Waals surface area contributed by atoms with Crippen LogP contribution in [0.1, 0.15) is 17.2 Å². The number of rotatable bonds is 4. The zero-order valence-electron chi connectivity index (χ0n) is 11.4. The van der Waals surface area contributed by atoms with Crippen LogP contribution in [0.4, 0.5) is 8.78 Å². The van der Waals surface area contributed by atoms with Gasteiger partial charge >= 0.3 is 0 Å². The van der Waals surface area contributed by atoms with Gasteiger partial charge in [0.25, 0.3) is 0 Å². The first-order chi connectivity index (χ1) is 10.2. The van der Waals surface area contributed by atoms with E-state index in [0.29, 0.717) is 6.42 Å². The minimum atomic E-state index is -0.818. The van der Waals surface area contributed by atoms with Crippen molar-refractivity contribution in [3.05, 3.63) is 64.7 Å². The molecule has 3 rings (SSSR count). The molecule has 1 atom stereocenters. The van der Waals surface area contributed by atoms with Crippen molar-refractivity contribution in [2.24, 2.45) is 0 Å². The van der Waals surface area contributed by atoms with Crippen LogP contribution in [0.25, 0.3) is 10.2 Å². The molecule has 0 aliphatic heterocycles. The molecule has 5 heteroatoms. The fraction of sp³-hybridized carbons (Fsp3) is 0.188. The Balaban J connectivity index is 1.88. The van der Waals surface area contributed by atoms with E-state index in [1.54, 1.807) is 17.4 Å². The standard InChI is InChI=1S/C16H14F2N2S/c1-19-15(7-10-2-3-12(17)13(18)6-10)11-8-16-14(20-9-11)4-5-21-16/h2-6,8-9,15,19H,7H2,1H3. The molecule has 0 radical (unpaired) electrons. The number of likely N-dealkylation sites (N-methyl/N-ethyl adjacent to an activating group) is 1. The second-order valence-corrected chi connectivity index (χ2v) is 5.81. The second kappa shape index (κ2) is 5.87. The lowest BCUT2D eigenvalue weighted by Gasteiger charge is -2.16. The molecule has 2 aromatic heterocycles. The van der Waals surface area contributed by atoms with Gasteiger partial charge in [-0.2, -0.15) is 0 Å². The monoisotopic (exact) mass is 304 g/mol. The highest BCUT2D eigenvalue weighted by Crippen LogP contribution is 2.25. The summed E-state index contributed by atoms with van der Waals surface area (Å²) < 4.78 is 27.4. The van der Waals surface area contributed by atoms with Gasteiger partial charge in [-0.15, -0.1) is 11.3 Å². The molecule has 3 aromatic rings. The zero-order valence-corrected chi connectivity index (χ0v) is 12.3. The summed E-state index contributed by atoms with van der Waals surface area (Å²) >= 11 is 1.64. The number of pyridine rings is 1. The van der Waals surface area contributed by atoms with Gasteiger partial charge in [-0.1, -0.05) is 6.07 Å². The lowest BCUT2D eigenvalue weighted by Crippen LogP contribution is -2.19. The van der Waals surface area contributed by atoms with Crippen molar-refractivity contribution in [1.29, 1.82) is 0 Å². The topological polar surface area (TPSA) is 24.9 Å². The van der Waals surface area contributed by atoms with Crippen molar-refractivity contribution in [2.45, 2.75) is 12.5 Å². The Bertz CT molecular complexity index is 770. The fourth-order valence-corrected chi connectivity index (χ4v) is 3.13. The number of nitrogens with zero attached hydrogens (tertiary/aromatic N) is 1. The van der Waals surface area contributed by atoms with Crippen molar-refractivity contribution < 1.29 is 8.78 Å². The van der Waals surface area contributed by atoms with E-state index >= 15 is 0 Å². The summed E-state index contributed by atoms with van der Waals surface area (Å²) in [4.78, 5) is 4.42. The predicted octanol–water partition coefficient (Wildman–Crippen LogP) is 4.08. The second-order valence-electron chi connectivity index (χ2n) is 4.87. The maximum absolute atomic E-state index is 13.3. The lowest BCUT2D eigenvalue weighted by atomic mass is 10.00. The Hall–Kier alpha value is -1.85. The summed E-state index contributed by atoms with van der Waals surface area (Å²) in [7, 11) is 1.85. The van der Waals surface area contributed by atoms with Crippen LogP contribution in [-0.2, 0) is 6.42 Å². The Morgan fingerprint density at radius 1 is 1.19 bits per heavy atom. The maximum atomic E-state index is 13.3. The number of halogens is 2. The van der Waals surface area contributed by atoms with Crippen LogP contribution in [-0.4, -0.2) is 12.0 Å². The largest absolute Gasteiger partial charge is 0.313 e. The number of benzene rings is 1. The molecule has 1 N–H and O–H groups in total. The normalized spacial score (nSPS) is 12.7. The molecule has 2 nitrogen and oxygen atoms in total. The number of fused-ring (bicyclic) bond motifs is 1. The van der Waals surface area contributed by atoms with Crippen molar-refractivity contribution in [2.75, 3.05) is 7.05 Å². The molecule has 0 aliphatic rings. The summed E-state index contributed by atoms with van der Waals surface area (Å²) in [5.74, 6) is -1.63. The van der Waals surface area contributed by atoms with E-state index in [2.05, 4.69) is 16.4 Å². The molecule has 1 unspecified atom stereocenters. The molecule has 108 valence electrons. The summed E-state index contributed by atoms with van der Waals surface area (Å²) in [5, 5.41) is 5.21. The summed E-state index contributed by atoms with van der Waals surface area (Å²) in [6.45, 7) is 0. The average molecular weight is 304 g/mol. The third-order valence-corrected chi connectivity index (χ3v) is 4.35. The van der Waals surface area contributed by atoms with Gasteiger partial charge in [-0.25, -0.2) is 8.78 Å². The Morgan fingerprint density at radius 3 is 2.81 bits per heavy atom. The highest BCUT2D eigenvalue weighted by Gasteiger charge is 2.13. The summed E-state index contributed by atoms with van der Waals surface area (Å²) in [5.41, 5.74) is 2.77. The van der Waals surface area contributed by atoms with Gasteiger partial charge in [-0.3, -0.25) is 4.98 Å². The van der Waals surface area contributed by atoms with Gasteiger partial charge in [0.1, 0.15) is 0 Å². The molecule has 0 spiro atoms. The van der Waals surface area contributed by atoms with Crippen LogP contribution in [0, 0.1) is 11.6 Å². The van der Waals surface area contributed by atoms with E-state index in [9.17, 15) is 8.78 Å². The molecule has 0 fully saturated rings. The predicted molar refractivity (Wildman–Crippen MR) is 81.5 cm³/mol. The SMILES string of the molecule is CNC(Cc1ccc(F)c(F)c1)c1cnc2ccsc2c1. The Morgan fingerprint density at radius 2 is 2.05 bits per heavy atom. The van der Waals surface area contributed by atoms with Crippen LogP contribution >= 0.6 is 11.3 Å². The molecule has 0 saturated carbocycles. The van der Waals surface area contributed by atoms with Crippen LogP contribution in [0.15, 0.2) is 41.9 Å². The van der Waals surface area contributed by atoms with Crippen molar-refractivity contribution in [1.82, 2.24) is 10.3 Å². The molecule has 0 amide bonds. The highest BCUT2D eigenvalue weighted by molar-refractivity contribution is 7.17. The Kier molecular flexibility index (Phi) is 3.94. The van der Waals surface area contributed by atoms with Gasteiger partial charge in [0, 0.05) is 12.2 Å². The average Bonchev–Trinajstić information content (AvgIpc) is 2.95. The molecule has 2 heterocycles. The molecular formula is C16H14F2N2S. The first-order valence-electron chi connectivity index (χ1n) is 6.61. The number of nitrogens with one attached hydrogen (secondary N) is 1. The van der Waals surface area contributed by atoms with Gasteiger partial charge < -0.3 is 5.32 Å². The van der Waals surface area contributed by atoms with E-state index < -0.39 is 11.6 Å². The summed E-state index contributed by atoms with van der Waals surface area (Å²) in [6.07, 6.45) is 2.41. The maximum Gasteiger partial charge on any atom is 0.159 e. The van der Waals surface area contributed by atoms with Gasteiger partial charge in [0.15, 0.2) is 11.6 Å². The molecule has 1 aromatic carbocycles. The molecular weight excluding hydrogens is 290 g/mol. The molecule has 21 heavy (non-hydrogen) atoms.